The van der Waals surface area contributed by atoms with E-state index in [1.165, 1.54) is 26.2 Å². The number of nitrogens with one attached hydrogen (secondary N) is 1. The van der Waals surface area contributed by atoms with Crippen LogP contribution in [0.25, 0.3) is 0 Å². The number of benzene rings is 1. The smallest absolute Gasteiger partial charge is 0.253 e. The van der Waals surface area contributed by atoms with Gasteiger partial charge in [-0.15, -0.1) is 0 Å². The van der Waals surface area contributed by atoms with Gasteiger partial charge < -0.3 is 10.2 Å². The predicted molar refractivity (Wildman–Crippen MR) is 101 cm³/mol. The highest BCUT2D eigenvalue weighted by atomic mass is 32.2. The number of amides is 2. The maximum Gasteiger partial charge on any atom is 0.253 e. The molecule has 2 fully saturated rings. The molecule has 148 valence electrons. The maximum atomic E-state index is 12.8. The van der Waals surface area contributed by atoms with Crippen molar-refractivity contribution >= 4 is 21.8 Å². The number of hydrogen-bond donors (Lipinski definition) is 1. The van der Waals surface area contributed by atoms with E-state index < -0.39 is 10.0 Å². The molecule has 1 aliphatic carbocycles. The third kappa shape index (κ3) is 4.85. The van der Waals surface area contributed by atoms with Gasteiger partial charge in [0.1, 0.15) is 0 Å². The standard InChI is InChI=1S/C18H26N4O4S/c1-20(2)27(25,26)16-5-3-4-14(12-16)18(24)22-10-8-21(9-11-22)13-17(23)19-15-6-7-15/h3-5,12,15H,6-11,13H2,1-2H3,(H,19,23). The van der Waals surface area contributed by atoms with E-state index in [-0.39, 0.29) is 16.7 Å². The molecule has 1 aliphatic heterocycles. The van der Waals surface area contributed by atoms with Crippen LogP contribution in [-0.4, -0.2) is 87.2 Å². The number of carbonyl (C=O) groups is 2. The van der Waals surface area contributed by atoms with Gasteiger partial charge in [-0.1, -0.05) is 6.07 Å². The molecule has 1 aromatic carbocycles. The molecule has 9 heteroatoms. The minimum Gasteiger partial charge on any atom is -0.352 e. The minimum atomic E-state index is -3.58. The molecule has 0 radical (unpaired) electrons. The summed E-state index contributed by atoms with van der Waals surface area (Å²) in [5, 5.41) is 2.97. The van der Waals surface area contributed by atoms with Crippen molar-refractivity contribution < 1.29 is 18.0 Å². The zero-order valence-corrected chi connectivity index (χ0v) is 16.5. The first kappa shape index (κ1) is 19.8. The lowest BCUT2D eigenvalue weighted by atomic mass is 10.2. The minimum absolute atomic E-state index is 0.0406. The van der Waals surface area contributed by atoms with Gasteiger partial charge in [-0.25, -0.2) is 12.7 Å². The number of carbonyl (C=O) groups excluding carboxylic acids is 2. The van der Waals surface area contributed by atoms with Crippen molar-refractivity contribution in [1.29, 1.82) is 0 Å². The van der Waals surface area contributed by atoms with E-state index in [9.17, 15) is 18.0 Å². The molecule has 1 aromatic rings. The molecular weight excluding hydrogens is 368 g/mol. The Morgan fingerprint density at radius 3 is 2.41 bits per heavy atom. The van der Waals surface area contributed by atoms with Crippen LogP contribution >= 0.6 is 0 Å². The highest BCUT2D eigenvalue weighted by Crippen LogP contribution is 2.19. The number of hydrogen-bond acceptors (Lipinski definition) is 5. The normalized spacial score (nSPS) is 18.6. The molecule has 0 unspecified atom stereocenters. The topological polar surface area (TPSA) is 90.0 Å². The third-order valence-electron chi connectivity index (χ3n) is 4.83. The summed E-state index contributed by atoms with van der Waals surface area (Å²) in [5.41, 5.74) is 0.359. The first-order chi connectivity index (χ1) is 12.8. The molecular formula is C18H26N4O4S. The van der Waals surface area contributed by atoms with Crippen molar-refractivity contribution in [2.75, 3.05) is 46.8 Å². The lowest BCUT2D eigenvalue weighted by Crippen LogP contribution is -2.51. The molecule has 1 N–H and O–H groups in total. The summed E-state index contributed by atoms with van der Waals surface area (Å²) >= 11 is 0. The Bertz CT molecular complexity index is 812. The Morgan fingerprint density at radius 2 is 1.81 bits per heavy atom. The zero-order valence-electron chi connectivity index (χ0n) is 15.7. The van der Waals surface area contributed by atoms with E-state index in [4.69, 9.17) is 0 Å². The Morgan fingerprint density at radius 1 is 1.15 bits per heavy atom. The summed E-state index contributed by atoms with van der Waals surface area (Å²) in [4.78, 5) is 28.5. The molecule has 0 aromatic heterocycles. The molecule has 8 nitrogen and oxygen atoms in total. The van der Waals surface area contributed by atoms with Crippen LogP contribution in [0.5, 0.6) is 0 Å². The van der Waals surface area contributed by atoms with Gasteiger partial charge in [0, 0.05) is 51.9 Å². The quantitative estimate of drug-likeness (QED) is 0.732. The fourth-order valence-corrected chi connectivity index (χ4v) is 3.94. The second kappa shape index (κ2) is 7.95. The van der Waals surface area contributed by atoms with Crippen molar-refractivity contribution in [3.8, 4) is 0 Å². The van der Waals surface area contributed by atoms with E-state index >= 15 is 0 Å². The highest BCUT2D eigenvalue weighted by Gasteiger charge is 2.27. The second-order valence-electron chi connectivity index (χ2n) is 7.23. The predicted octanol–water partition coefficient (Wildman–Crippen LogP) is -0.0267. The summed E-state index contributed by atoms with van der Waals surface area (Å²) in [6.45, 7) is 2.63. The molecule has 0 spiro atoms. The first-order valence-corrected chi connectivity index (χ1v) is 10.5. The van der Waals surface area contributed by atoms with Gasteiger partial charge in [0.2, 0.25) is 15.9 Å². The van der Waals surface area contributed by atoms with Crippen LogP contribution < -0.4 is 5.32 Å². The van der Waals surface area contributed by atoms with Crippen molar-refractivity contribution in [2.45, 2.75) is 23.8 Å². The number of nitrogens with zero attached hydrogens (tertiary/aromatic N) is 3. The van der Waals surface area contributed by atoms with Gasteiger partial charge in [-0.05, 0) is 31.0 Å². The van der Waals surface area contributed by atoms with E-state index in [0.717, 1.165) is 17.1 Å². The van der Waals surface area contributed by atoms with E-state index in [1.54, 1.807) is 17.0 Å². The fourth-order valence-electron chi connectivity index (χ4n) is 3.00. The summed E-state index contributed by atoms with van der Waals surface area (Å²) in [7, 11) is -0.659. The van der Waals surface area contributed by atoms with Crippen LogP contribution in [0, 0.1) is 0 Å². The van der Waals surface area contributed by atoms with Gasteiger partial charge >= 0.3 is 0 Å². The van der Waals surface area contributed by atoms with Gasteiger partial charge in [-0.3, -0.25) is 14.5 Å². The van der Waals surface area contributed by atoms with Crippen LogP contribution in [0.2, 0.25) is 0 Å². The van der Waals surface area contributed by atoms with Crippen molar-refractivity contribution in [2.24, 2.45) is 0 Å². The summed E-state index contributed by atoms with van der Waals surface area (Å²) in [5.74, 6) is -0.147. The molecule has 3 rings (SSSR count). The lowest BCUT2D eigenvalue weighted by Gasteiger charge is -2.34. The second-order valence-corrected chi connectivity index (χ2v) is 9.38. The molecule has 1 saturated carbocycles. The molecule has 2 amide bonds. The van der Waals surface area contributed by atoms with Gasteiger partial charge in [-0.2, -0.15) is 0 Å². The van der Waals surface area contributed by atoms with Crippen LogP contribution in [0.4, 0.5) is 0 Å². The average molecular weight is 394 g/mol. The van der Waals surface area contributed by atoms with Crippen LogP contribution in [0.15, 0.2) is 29.2 Å². The van der Waals surface area contributed by atoms with E-state index in [1.807, 2.05) is 4.90 Å². The molecule has 1 heterocycles. The zero-order chi connectivity index (χ0) is 19.6. The highest BCUT2D eigenvalue weighted by molar-refractivity contribution is 7.89. The Kier molecular flexibility index (Phi) is 5.83. The van der Waals surface area contributed by atoms with Crippen molar-refractivity contribution in [3.05, 3.63) is 29.8 Å². The van der Waals surface area contributed by atoms with Gasteiger partial charge in [0.25, 0.3) is 5.91 Å². The summed E-state index contributed by atoms with van der Waals surface area (Å²) < 4.78 is 25.7. The number of rotatable bonds is 6. The first-order valence-electron chi connectivity index (χ1n) is 9.11. The number of sulfonamides is 1. The molecule has 0 atom stereocenters. The Labute approximate surface area is 160 Å². The fraction of sp³-hybridized carbons (Fsp3) is 0.556. The molecule has 2 aliphatic rings. The summed E-state index contributed by atoms with van der Waals surface area (Å²) in [6, 6.07) is 6.48. The third-order valence-corrected chi connectivity index (χ3v) is 6.64. The largest absolute Gasteiger partial charge is 0.352 e. The average Bonchev–Trinajstić information content (AvgIpc) is 3.45. The lowest BCUT2D eigenvalue weighted by molar-refractivity contribution is -0.122. The summed E-state index contributed by atoms with van der Waals surface area (Å²) in [6.07, 6.45) is 2.13. The molecule has 1 saturated heterocycles. The van der Waals surface area contributed by atoms with Crippen molar-refractivity contribution in [3.63, 3.8) is 0 Å². The van der Waals surface area contributed by atoms with Gasteiger partial charge in [0.15, 0.2) is 0 Å². The van der Waals surface area contributed by atoms with Crippen LogP contribution in [-0.2, 0) is 14.8 Å². The molecule has 27 heavy (non-hydrogen) atoms. The van der Waals surface area contributed by atoms with Crippen molar-refractivity contribution in [1.82, 2.24) is 19.4 Å². The van der Waals surface area contributed by atoms with E-state index in [0.29, 0.717) is 44.3 Å². The Balaban J connectivity index is 1.58. The number of piperazine rings is 1. The Hall–Kier alpha value is -1.97. The molecule has 0 bridgehead atoms. The van der Waals surface area contributed by atoms with Crippen LogP contribution in [0.3, 0.4) is 0 Å². The van der Waals surface area contributed by atoms with E-state index in [2.05, 4.69) is 5.32 Å². The van der Waals surface area contributed by atoms with Crippen LogP contribution in [0.1, 0.15) is 23.2 Å². The SMILES string of the molecule is CN(C)S(=O)(=O)c1cccc(C(=O)N2CCN(CC(=O)NC3CC3)CC2)c1. The maximum absolute atomic E-state index is 12.8. The van der Waals surface area contributed by atoms with Gasteiger partial charge in [0.05, 0.1) is 11.4 Å². The monoisotopic (exact) mass is 394 g/mol.